The van der Waals surface area contributed by atoms with Gasteiger partial charge in [-0.1, -0.05) is 24.3 Å². The summed E-state index contributed by atoms with van der Waals surface area (Å²) in [6.07, 6.45) is 1.23. The third-order valence-electron chi connectivity index (χ3n) is 3.53. The Balaban J connectivity index is 0.00000264. The molecule has 0 saturated heterocycles. The van der Waals surface area contributed by atoms with E-state index in [2.05, 4.69) is 22.4 Å². The molecule has 1 amide bonds. The molecule has 0 spiro atoms. The number of hydrogen-bond donors (Lipinski definition) is 2. The molecule has 128 valence electrons. The number of hydrogen-bond acceptors (Lipinski definition) is 2. The molecule has 2 rings (SSSR count). The summed E-state index contributed by atoms with van der Waals surface area (Å²) in [5.74, 6) is 0.627. The first kappa shape index (κ1) is 19.7. The minimum absolute atomic E-state index is 0. The summed E-state index contributed by atoms with van der Waals surface area (Å²) in [7, 11) is 0. The number of amides is 1. The number of carbonyl (C=O) groups excluding carboxylic acids is 1. The predicted molar refractivity (Wildman–Crippen MR) is 105 cm³/mol. The number of aliphatic imine (C=N–C) groups is 1. The minimum Gasteiger partial charge on any atom is -0.370 e. The maximum Gasteiger partial charge on any atom is 0.223 e. The fourth-order valence-electron chi connectivity index (χ4n) is 2.52. The molecule has 0 atom stereocenters. The topological polar surface area (TPSA) is 70.7 Å². The minimum atomic E-state index is -0.0925. The van der Waals surface area contributed by atoms with Gasteiger partial charge in [0.1, 0.15) is 0 Å². The lowest BCUT2D eigenvalue weighted by atomic mass is 10.1. The number of nitrogens with two attached hydrogens (primary N) is 1. The number of halogens is 1. The third-order valence-corrected chi connectivity index (χ3v) is 3.53. The number of fused-ring (bicyclic) bond motifs is 1. The van der Waals surface area contributed by atoms with Crippen molar-refractivity contribution in [3.05, 3.63) is 35.4 Å². The van der Waals surface area contributed by atoms with Gasteiger partial charge in [-0.05, 0) is 38.3 Å². The number of rotatable bonds is 4. The van der Waals surface area contributed by atoms with Crippen LogP contribution in [0.15, 0.2) is 29.3 Å². The maximum atomic E-state index is 12.2. The highest BCUT2D eigenvalue weighted by Crippen LogP contribution is 2.22. The van der Waals surface area contributed by atoms with E-state index in [9.17, 15) is 4.79 Å². The van der Waals surface area contributed by atoms with Crippen molar-refractivity contribution in [3.63, 3.8) is 0 Å². The summed E-state index contributed by atoms with van der Waals surface area (Å²) in [5.41, 5.74) is 8.22. The van der Waals surface area contributed by atoms with Crippen LogP contribution >= 0.6 is 24.0 Å². The fraction of sp³-hybridized carbons (Fsp3) is 0.529. The van der Waals surface area contributed by atoms with E-state index < -0.39 is 0 Å². The third kappa shape index (κ3) is 6.37. The van der Waals surface area contributed by atoms with Gasteiger partial charge in [-0.3, -0.25) is 9.79 Å². The van der Waals surface area contributed by atoms with Crippen LogP contribution in [0.4, 0.5) is 0 Å². The van der Waals surface area contributed by atoms with E-state index >= 15 is 0 Å². The second-order valence-corrected chi connectivity index (χ2v) is 6.76. The first-order valence-corrected chi connectivity index (χ1v) is 7.78. The maximum absolute atomic E-state index is 12.2. The van der Waals surface area contributed by atoms with Gasteiger partial charge in [-0.25, -0.2) is 0 Å². The van der Waals surface area contributed by atoms with Crippen molar-refractivity contribution in [1.29, 1.82) is 0 Å². The lowest BCUT2D eigenvalue weighted by molar-refractivity contribution is -0.131. The lowest BCUT2D eigenvalue weighted by Crippen LogP contribution is -2.45. The summed E-state index contributed by atoms with van der Waals surface area (Å²) in [5, 5.41) is 3.11. The van der Waals surface area contributed by atoms with Gasteiger partial charge in [-0.2, -0.15) is 0 Å². The largest absolute Gasteiger partial charge is 0.370 e. The molecule has 23 heavy (non-hydrogen) atoms. The average molecular weight is 430 g/mol. The Hall–Kier alpha value is -1.31. The van der Waals surface area contributed by atoms with Gasteiger partial charge in [-0.15, -0.1) is 24.0 Å². The van der Waals surface area contributed by atoms with Crippen LogP contribution in [0, 0.1) is 0 Å². The van der Waals surface area contributed by atoms with Crippen LogP contribution in [-0.2, 0) is 17.9 Å². The van der Waals surface area contributed by atoms with Crippen LogP contribution in [0.3, 0.4) is 0 Å². The van der Waals surface area contributed by atoms with Gasteiger partial charge in [0.15, 0.2) is 5.96 Å². The molecule has 1 aromatic carbocycles. The average Bonchev–Trinajstić information content (AvgIpc) is 2.85. The van der Waals surface area contributed by atoms with Crippen LogP contribution in [-0.4, -0.2) is 28.9 Å². The molecular formula is C17H27IN4O. The molecule has 0 aromatic heterocycles. The molecule has 0 radical (unpaired) electrons. The van der Waals surface area contributed by atoms with Gasteiger partial charge >= 0.3 is 0 Å². The van der Waals surface area contributed by atoms with Crippen molar-refractivity contribution in [3.8, 4) is 0 Å². The highest BCUT2D eigenvalue weighted by Gasteiger charge is 2.22. The van der Waals surface area contributed by atoms with Gasteiger partial charge in [0.05, 0.1) is 0 Å². The second-order valence-electron chi connectivity index (χ2n) is 6.76. The molecule has 3 N–H and O–H groups in total. The molecule has 0 aliphatic carbocycles. The van der Waals surface area contributed by atoms with E-state index in [-0.39, 0.29) is 35.4 Å². The summed E-state index contributed by atoms with van der Waals surface area (Å²) in [6, 6.07) is 8.22. The highest BCUT2D eigenvalue weighted by molar-refractivity contribution is 14.0. The van der Waals surface area contributed by atoms with Crippen LogP contribution in [0.5, 0.6) is 0 Å². The quantitative estimate of drug-likeness (QED) is 0.334. The first-order valence-electron chi connectivity index (χ1n) is 7.78. The van der Waals surface area contributed by atoms with Gasteiger partial charge in [0.25, 0.3) is 0 Å². The zero-order valence-electron chi connectivity index (χ0n) is 14.1. The Kier molecular flexibility index (Phi) is 7.31. The van der Waals surface area contributed by atoms with Crippen LogP contribution < -0.4 is 11.1 Å². The molecule has 1 aliphatic rings. The number of nitrogens with zero attached hydrogens (tertiary/aromatic N) is 2. The van der Waals surface area contributed by atoms with E-state index in [4.69, 9.17) is 5.73 Å². The Morgan fingerprint density at radius 2 is 1.83 bits per heavy atom. The lowest BCUT2D eigenvalue weighted by Gasteiger charge is -2.21. The molecule has 1 aromatic rings. The molecule has 0 unspecified atom stereocenters. The van der Waals surface area contributed by atoms with Crippen molar-refractivity contribution in [2.24, 2.45) is 10.7 Å². The molecule has 0 fully saturated rings. The number of benzene rings is 1. The molecule has 5 nitrogen and oxygen atoms in total. The summed E-state index contributed by atoms with van der Waals surface area (Å²) in [6.45, 7) is 8.12. The van der Waals surface area contributed by atoms with Crippen molar-refractivity contribution in [1.82, 2.24) is 10.2 Å². The molecule has 1 aliphatic heterocycles. The summed E-state index contributed by atoms with van der Waals surface area (Å²) >= 11 is 0. The van der Waals surface area contributed by atoms with Crippen LogP contribution in [0.25, 0.3) is 0 Å². The van der Waals surface area contributed by atoms with Crippen molar-refractivity contribution in [2.45, 2.75) is 52.2 Å². The van der Waals surface area contributed by atoms with E-state index in [1.165, 1.54) is 11.1 Å². The highest BCUT2D eigenvalue weighted by atomic mass is 127. The molecule has 0 saturated carbocycles. The Labute approximate surface area is 155 Å². The molecule has 6 heteroatoms. The Morgan fingerprint density at radius 3 is 2.35 bits per heavy atom. The zero-order chi connectivity index (χ0) is 16.2. The van der Waals surface area contributed by atoms with Crippen LogP contribution in [0.1, 0.15) is 44.7 Å². The van der Waals surface area contributed by atoms with Gasteiger partial charge < -0.3 is 16.0 Å². The SMILES string of the molecule is CC(C)(C)NC(N)=NCCCC(=O)N1Cc2ccccc2C1.I. The summed E-state index contributed by atoms with van der Waals surface area (Å²) < 4.78 is 0. The van der Waals surface area contributed by atoms with Crippen molar-refractivity contribution >= 4 is 35.8 Å². The normalized spacial score (nSPS) is 14.2. The number of guanidine groups is 1. The molecule has 1 heterocycles. The van der Waals surface area contributed by atoms with Gasteiger partial charge in [0.2, 0.25) is 5.91 Å². The summed E-state index contributed by atoms with van der Waals surface area (Å²) in [4.78, 5) is 18.4. The van der Waals surface area contributed by atoms with E-state index in [0.29, 0.717) is 18.9 Å². The smallest absolute Gasteiger partial charge is 0.223 e. The fourth-order valence-corrected chi connectivity index (χ4v) is 2.52. The second kappa shape index (κ2) is 8.52. The monoisotopic (exact) mass is 430 g/mol. The number of carbonyl (C=O) groups is 1. The Morgan fingerprint density at radius 1 is 1.26 bits per heavy atom. The zero-order valence-corrected chi connectivity index (χ0v) is 16.5. The first-order chi connectivity index (χ1) is 10.3. The standard InChI is InChI=1S/C17H26N4O.HI/c1-17(2,3)20-16(18)19-10-6-9-15(22)21-11-13-7-4-5-8-14(13)12-21;/h4-5,7-8H,6,9-12H2,1-3H3,(H3,18,19,20);1H. The Bertz CT molecular complexity index is 541. The van der Waals surface area contributed by atoms with Gasteiger partial charge in [0, 0.05) is 31.6 Å². The van der Waals surface area contributed by atoms with E-state index in [1.54, 1.807) is 0 Å². The van der Waals surface area contributed by atoms with Crippen molar-refractivity contribution < 1.29 is 4.79 Å². The number of nitrogens with one attached hydrogen (secondary N) is 1. The predicted octanol–water partition coefficient (Wildman–Crippen LogP) is 2.63. The van der Waals surface area contributed by atoms with E-state index in [0.717, 1.165) is 19.5 Å². The molecule has 0 bridgehead atoms. The van der Waals surface area contributed by atoms with Crippen molar-refractivity contribution in [2.75, 3.05) is 6.54 Å². The molecular weight excluding hydrogens is 403 g/mol. The van der Waals surface area contributed by atoms with E-state index in [1.807, 2.05) is 37.8 Å². The van der Waals surface area contributed by atoms with Crippen LogP contribution in [0.2, 0.25) is 0 Å².